The van der Waals surface area contributed by atoms with Crippen LogP contribution in [0, 0.1) is 6.92 Å². The fourth-order valence-electron chi connectivity index (χ4n) is 4.20. The fourth-order valence-corrected chi connectivity index (χ4v) is 4.20. The van der Waals surface area contributed by atoms with E-state index in [0.717, 1.165) is 5.56 Å². The molecule has 1 aliphatic rings. The molecule has 1 unspecified atom stereocenters. The van der Waals surface area contributed by atoms with E-state index >= 15 is 0 Å². The number of nitrogens with one attached hydrogen (secondary N) is 3. The predicted octanol–water partition coefficient (Wildman–Crippen LogP) is 3.28. The number of anilines is 2. The van der Waals surface area contributed by atoms with E-state index in [1.165, 1.54) is 4.90 Å². The molecule has 0 saturated heterocycles. The molecule has 2 aromatic carbocycles. The highest BCUT2D eigenvalue weighted by Gasteiger charge is 2.53. The number of para-hydroxylation sites is 1. The number of fused-ring (bicyclic) bond motifs is 1. The van der Waals surface area contributed by atoms with Gasteiger partial charge in [0, 0.05) is 31.0 Å². The Bertz CT molecular complexity index is 1040. The lowest BCUT2D eigenvalue weighted by atomic mass is 9.87. The molecular formula is C26H34N4O5. The second-order valence-electron chi connectivity index (χ2n) is 8.25. The molecule has 2 aromatic rings. The molecular weight excluding hydrogens is 448 g/mol. The van der Waals surface area contributed by atoms with Gasteiger partial charge >= 0.3 is 6.03 Å². The first-order chi connectivity index (χ1) is 16.8. The molecule has 0 saturated carbocycles. The van der Waals surface area contributed by atoms with Crippen LogP contribution in [-0.4, -0.2) is 50.4 Å². The molecule has 0 aliphatic carbocycles. The van der Waals surface area contributed by atoms with E-state index in [0.29, 0.717) is 36.7 Å². The average Bonchev–Trinajstić information content (AvgIpc) is 3.04. The molecule has 0 bridgehead atoms. The number of amides is 4. The fraction of sp³-hybridized carbons (Fsp3) is 0.423. The molecule has 1 heterocycles. The largest absolute Gasteiger partial charge is 0.351 e. The summed E-state index contributed by atoms with van der Waals surface area (Å²) in [5.41, 5.74) is 1.22. The zero-order chi connectivity index (χ0) is 25.4. The predicted molar refractivity (Wildman–Crippen MR) is 134 cm³/mol. The van der Waals surface area contributed by atoms with Gasteiger partial charge < -0.3 is 30.3 Å². The van der Waals surface area contributed by atoms with Gasteiger partial charge in [-0.3, -0.25) is 9.59 Å². The minimum Gasteiger partial charge on any atom is -0.351 e. The maximum Gasteiger partial charge on any atom is 0.315 e. The van der Waals surface area contributed by atoms with E-state index in [9.17, 15) is 14.4 Å². The van der Waals surface area contributed by atoms with Gasteiger partial charge in [-0.1, -0.05) is 35.9 Å². The molecule has 35 heavy (non-hydrogen) atoms. The highest BCUT2D eigenvalue weighted by atomic mass is 16.7. The minimum absolute atomic E-state index is 0.121. The molecule has 4 amide bonds. The topological polar surface area (TPSA) is 109 Å². The summed E-state index contributed by atoms with van der Waals surface area (Å²) < 4.78 is 11.3. The van der Waals surface area contributed by atoms with Gasteiger partial charge in [-0.25, -0.2) is 4.79 Å². The van der Waals surface area contributed by atoms with Crippen molar-refractivity contribution in [1.29, 1.82) is 0 Å². The highest BCUT2D eigenvalue weighted by Crippen LogP contribution is 2.42. The van der Waals surface area contributed by atoms with Gasteiger partial charge in [0.1, 0.15) is 0 Å². The van der Waals surface area contributed by atoms with Crippen LogP contribution in [-0.2, 0) is 24.6 Å². The summed E-state index contributed by atoms with van der Waals surface area (Å²) in [4.78, 5) is 41.4. The molecule has 188 valence electrons. The van der Waals surface area contributed by atoms with Gasteiger partial charge in [-0.15, -0.1) is 0 Å². The minimum atomic E-state index is -1.59. The van der Waals surface area contributed by atoms with Crippen molar-refractivity contribution in [2.45, 2.75) is 45.9 Å². The molecule has 0 fully saturated rings. The molecule has 1 atom stereocenters. The van der Waals surface area contributed by atoms with Crippen LogP contribution in [0.4, 0.5) is 16.2 Å². The SMILES string of the molecule is CCNC(=O)NC1(CC(=O)Nc2ccc(C)cc2)C(=O)N(CC(OCC)OCC)c2ccccc21. The summed E-state index contributed by atoms with van der Waals surface area (Å²) >= 11 is 0. The van der Waals surface area contributed by atoms with Crippen LogP contribution >= 0.6 is 0 Å². The highest BCUT2D eigenvalue weighted by molar-refractivity contribution is 6.12. The van der Waals surface area contributed by atoms with Gasteiger partial charge in [0.25, 0.3) is 5.91 Å². The number of nitrogens with zero attached hydrogens (tertiary/aromatic N) is 1. The maximum absolute atomic E-state index is 14.0. The lowest BCUT2D eigenvalue weighted by Crippen LogP contribution is -2.57. The van der Waals surface area contributed by atoms with Crippen molar-refractivity contribution in [3.63, 3.8) is 0 Å². The van der Waals surface area contributed by atoms with Crippen LogP contribution in [0.5, 0.6) is 0 Å². The first-order valence-electron chi connectivity index (χ1n) is 11.9. The molecule has 9 nitrogen and oxygen atoms in total. The van der Waals surface area contributed by atoms with E-state index in [4.69, 9.17) is 9.47 Å². The Morgan fingerprint density at radius 1 is 1.00 bits per heavy atom. The lowest BCUT2D eigenvalue weighted by molar-refractivity contribution is -0.138. The quantitative estimate of drug-likeness (QED) is 0.426. The second-order valence-corrected chi connectivity index (χ2v) is 8.25. The summed E-state index contributed by atoms with van der Waals surface area (Å²) in [5.74, 6) is -0.824. The zero-order valence-electron chi connectivity index (χ0n) is 20.7. The number of ether oxygens (including phenoxy) is 2. The van der Waals surface area contributed by atoms with Gasteiger partial charge in [0.05, 0.1) is 18.7 Å². The van der Waals surface area contributed by atoms with Crippen molar-refractivity contribution in [3.8, 4) is 0 Å². The number of benzene rings is 2. The standard InChI is InChI=1S/C26H34N4O5/c1-5-27-25(33)29-26(16-22(31)28-19-14-12-18(4)13-15-19)20-10-8-9-11-21(20)30(24(26)32)17-23(34-6-2)35-7-3/h8-15,23H,5-7,16-17H2,1-4H3,(H,28,31)(H2,27,29,33). The van der Waals surface area contributed by atoms with Crippen molar-refractivity contribution in [1.82, 2.24) is 10.6 Å². The van der Waals surface area contributed by atoms with E-state index in [1.807, 2.05) is 39.0 Å². The van der Waals surface area contributed by atoms with Crippen molar-refractivity contribution >= 4 is 29.2 Å². The number of aryl methyl sites for hydroxylation is 1. The van der Waals surface area contributed by atoms with E-state index in [1.54, 1.807) is 37.3 Å². The zero-order valence-corrected chi connectivity index (χ0v) is 20.7. The van der Waals surface area contributed by atoms with E-state index in [2.05, 4.69) is 16.0 Å². The van der Waals surface area contributed by atoms with E-state index in [-0.39, 0.29) is 13.0 Å². The smallest absolute Gasteiger partial charge is 0.315 e. The molecule has 3 rings (SSSR count). The third kappa shape index (κ3) is 5.98. The van der Waals surface area contributed by atoms with Crippen molar-refractivity contribution < 1.29 is 23.9 Å². The number of hydrogen-bond donors (Lipinski definition) is 3. The first-order valence-corrected chi connectivity index (χ1v) is 11.9. The summed E-state index contributed by atoms with van der Waals surface area (Å²) in [5, 5.41) is 8.32. The number of carbonyl (C=O) groups excluding carboxylic acids is 3. The first kappa shape index (κ1) is 26.2. The van der Waals surface area contributed by atoms with Crippen LogP contribution in [0.15, 0.2) is 48.5 Å². The monoisotopic (exact) mass is 482 g/mol. The van der Waals surface area contributed by atoms with Crippen LogP contribution in [0.1, 0.15) is 38.3 Å². The molecule has 1 aliphatic heterocycles. The van der Waals surface area contributed by atoms with Crippen LogP contribution in [0.25, 0.3) is 0 Å². The lowest BCUT2D eigenvalue weighted by Gasteiger charge is -2.30. The Morgan fingerprint density at radius 2 is 1.66 bits per heavy atom. The van der Waals surface area contributed by atoms with Crippen LogP contribution < -0.4 is 20.9 Å². The summed E-state index contributed by atoms with van der Waals surface area (Å²) in [7, 11) is 0. The van der Waals surface area contributed by atoms with Crippen molar-refractivity contribution in [3.05, 3.63) is 59.7 Å². The summed E-state index contributed by atoms with van der Waals surface area (Å²) in [6.07, 6.45) is -0.929. The third-order valence-electron chi connectivity index (χ3n) is 5.73. The molecule has 3 N–H and O–H groups in total. The van der Waals surface area contributed by atoms with E-state index < -0.39 is 29.7 Å². The molecule has 0 radical (unpaired) electrons. The van der Waals surface area contributed by atoms with Crippen molar-refractivity contribution in [2.75, 3.05) is 36.5 Å². The van der Waals surface area contributed by atoms with Gasteiger partial charge in [0.2, 0.25) is 5.91 Å². The number of urea groups is 1. The average molecular weight is 483 g/mol. The Balaban J connectivity index is 1.98. The molecule has 0 aromatic heterocycles. The summed E-state index contributed by atoms with van der Waals surface area (Å²) in [6.45, 7) is 8.75. The Hall–Kier alpha value is -3.43. The molecule has 9 heteroatoms. The normalized spacial score (nSPS) is 16.8. The maximum atomic E-state index is 14.0. The third-order valence-corrected chi connectivity index (χ3v) is 5.73. The second kappa shape index (κ2) is 11.8. The van der Waals surface area contributed by atoms with Gasteiger partial charge in [-0.2, -0.15) is 0 Å². The number of rotatable bonds is 11. The Kier molecular flexibility index (Phi) is 8.84. The summed E-state index contributed by atoms with van der Waals surface area (Å²) in [6, 6.07) is 14.0. The number of carbonyl (C=O) groups is 3. The van der Waals surface area contributed by atoms with Gasteiger partial charge in [0.15, 0.2) is 11.8 Å². The van der Waals surface area contributed by atoms with Gasteiger partial charge in [-0.05, 0) is 45.9 Å². The van der Waals surface area contributed by atoms with Crippen LogP contribution in [0.2, 0.25) is 0 Å². The Morgan fingerprint density at radius 3 is 2.29 bits per heavy atom. The van der Waals surface area contributed by atoms with Crippen LogP contribution in [0.3, 0.4) is 0 Å². The Labute approximate surface area is 206 Å². The number of hydrogen-bond acceptors (Lipinski definition) is 5. The van der Waals surface area contributed by atoms with Crippen molar-refractivity contribution in [2.24, 2.45) is 0 Å². The molecule has 0 spiro atoms.